The Morgan fingerprint density at radius 3 is 3.05 bits per heavy atom. The highest BCUT2D eigenvalue weighted by Gasteiger charge is 2.17. The molecule has 0 saturated heterocycles. The lowest BCUT2D eigenvalue weighted by Crippen LogP contribution is -2.16. The fourth-order valence-corrected chi connectivity index (χ4v) is 4.02. The largest absolute Gasteiger partial charge is 0.323 e. The predicted octanol–water partition coefficient (Wildman–Crippen LogP) is 3.31. The number of thioether (sulfide) groups is 1. The Labute approximate surface area is 120 Å². The highest BCUT2D eigenvalue weighted by molar-refractivity contribution is 8.00. The molecule has 6 heteroatoms. The smallest absolute Gasteiger partial charge is 0.234 e. The van der Waals surface area contributed by atoms with Gasteiger partial charge in [-0.3, -0.25) is 4.79 Å². The molecule has 1 fully saturated rings. The Balaban J connectivity index is 1.60. The lowest BCUT2D eigenvalue weighted by molar-refractivity contribution is -0.113. The van der Waals surface area contributed by atoms with Crippen molar-refractivity contribution in [3.05, 3.63) is 18.2 Å². The summed E-state index contributed by atoms with van der Waals surface area (Å²) < 4.78 is 8.39. The predicted molar refractivity (Wildman–Crippen MR) is 80.8 cm³/mol. The molecule has 0 bridgehead atoms. The Kier molecular flexibility index (Phi) is 3.98. The van der Waals surface area contributed by atoms with Crippen molar-refractivity contribution in [2.24, 2.45) is 0 Å². The third-order valence-electron chi connectivity index (χ3n) is 3.31. The minimum atomic E-state index is 0.0531. The van der Waals surface area contributed by atoms with E-state index in [0.717, 1.165) is 16.7 Å². The van der Waals surface area contributed by atoms with Gasteiger partial charge in [-0.25, -0.2) is 0 Å². The molecule has 0 aliphatic heterocycles. The van der Waals surface area contributed by atoms with E-state index >= 15 is 0 Å². The average molecular weight is 293 g/mol. The van der Waals surface area contributed by atoms with E-state index in [0.29, 0.717) is 11.0 Å². The molecular formula is C13H15N3OS2. The van der Waals surface area contributed by atoms with Gasteiger partial charge in [-0.1, -0.05) is 18.9 Å². The van der Waals surface area contributed by atoms with Crippen LogP contribution in [0.3, 0.4) is 0 Å². The number of anilines is 1. The summed E-state index contributed by atoms with van der Waals surface area (Å²) in [6, 6.07) is 5.67. The van der Waals surface area contributed by atoms with Gasteiger partial charge < -0.3 is 5.32 Å². The maximum Gasteiger partial charge on any atom is 0.234 e. The number of fused-ring (bicyclic) bond motifs is 1. The molecule has 1 aromatic heterocycles. The molecule has 1 N–H and O–H groups in total. The van der Waals surface area contributed by atoms with Gasteiger partial charge in [-0.2, -0.15) is 8.75 Å². The summed E-state index contributed by atoms with van der Waals surface area (Å²) in [5, 5.41) is 3.61. The Morgan fingerprint density at radius 2 is 2.21 bits per heavy atom. The van der Waals surface area contributed by atoms with Gasteiger partial charge in [0.25, 0.3) is 0 Å². The van der Waals surface area contributed by atoms with Gasteiger partial charge in [-0.05, 0) is 25.0 Å². The first-order valence-corrected chi connectivity index (χ1v) is 8.23. The van der Waals surface area contributed by atoms with E-state index < -0.39 is 0 Å². The van der Waals surface area contributed by atoms with Crippen molar-refractivity contribution in [2.75, 3.05) is 11.1 Å². The van der Waals surface area contributed by atoms with E-state index in [4.69, 9.17) is 0 Å². The maximum absolute atomic E-state index is 12.0. The zero-order chi connectivity index (χ0) is 13.1. The standard InChI is InChI=1S/C13H15N3OS2/c17-12(8-18-9-4-1-2-5-9)14-10-6-3-7-11-13(10)16-19-15-11/h3,6-7,9H,1-2,4-5,8H2,(H,14,17). The van der Waals surface area contributed by atoms with Gasteiger partial charge in [0.1, 0.15) is 11.0 Å². The molecule has 2 aromatic rings. The van der Waals surface area contributed by atoms with Crippen molar-refractivity contribution in [1.29, 1.82) is 0 Å². The van der Waals surface area contributed by atoms with E-state index in [1.807, 2.05) is 18.2 Å². The quantitative estimate of drug-likeness (QED) is 0.939. The SMILES string of the molecule is O=C(CSC1CCCC1)Nc1cccc2nsnc12. The summed E-state index contributed by atoms with van der Waals surface area (Å²) in [6.45, 7) is 0. The molecule has 0 radical (unpaired) electrons. The van der Waals surface area contributed by atoms with Gasteiger partial charge in [0.15, 0.2) is 0 Å². The highest BCUT2D eigenvalue weighted by Crippen LogP contribution is 2.29. The molecule has 1 aromatic carbocycles. The zero-order valence-corrected chi connectivity index (χ0v) is 12.1. The number of hydrogen-bond donors (Lipinski definition) is 1. The molecule has 1 saturated carbocycles. The topological polar surface area (TPSA) is 54.9 Å². The molecule has 0 unspecified atom stereocenters. The molecular weight excluding hydrogens is 278 g/mol. The number of benzene rings is 1. The van der Waals surface area contributed by atoms with Crippen LogP contribution < -0.4 is 5.32 Å². The lowest BCUT2D eigenvalue weighted by Gasteiger charge is -2.09. The summed E-state index contributed by atoms with van der Waals surface area (Å²) in [6.07, 6.45) is 5.12. The normalized spacial score (nSPS) is 16.0. The number of rotatable bonds is 4. The Hall–Kier alpha value is -1.14. The Bertz CT molecular complexity index is 578. The zero-order valence-electron chi connectivity index (χ0n) is 10.5. The van der Waals surface area contributed by atoms with Crippen molar-refractivity contribution in [3.8, 4) is 0 Å². The molecule has 0 spiro atoms. The molecule has 19 heavy (non-hydrogen) atoms. The summed E-state index contributed by atoms with van der Waals surface area (Å²) in [5.41, 5.74) is 2.39. The van der Waals surface area contributed by atoms with Crippen molar-refractivity contribution >= 4 is 46.1 Å². The molecule has 0 atom stereocenters. The second kappa shape index (κ2) is 5.88. The fourth-order valence-electron chi connectivity index (χ4n) is 2.34. The van der Waals surface area contributed by atoms with E-state index in [-0.39, 0.29) is 5.91 Å². The van der Waals surface area contributed by atoms with Gasteiger partial charge in [0.05, 0.1) is 23.2 Å². The van der Waals surface area contributed by atoms with Crippen LogP contribution in [0.25, 0.3) is 11.0 Å². The first-order valence-electron chi connectivity index (χ1n) is 6.45. The molecule has 1 amide bonds. The average Bonchev–Trinajstić information content (AvgIpc) is 3.08. The van der Waals surface area contributed by atoms with Crippen LogP contribution in [0.1, 0.15) is 25.7 Å². The third kappa shape index (κ3) is 3.06. The summed E-state index contributed by atoms with van der Waals surface area (Å²) in [7, 11) is 0. The maximum atomic E-state index is 12.0. The van der Waals surface area contributed by atoms with Crippen LogP contribution in [0.2, 0.25) is 0 Å². The molecule has 1 heterocycles. The van der Waals surface area contributed by atoms with Crippen LogP contribution in [0, 0.1) is 0 Å². The minimum Gasteiger partial charge on any atom is -0.323 e. The number of carbonyl (C=O) groups excluding carboxylic acids is 1. The molecule has 1 aliphatic rings. The molecule has 4 nitrogen and oxygen atoms in total. The number of aromatic nitrogens is 2. The first kappa shape index (κ1) is 12.9. The van der Waals surface area contributed by atoms with Crippen molar-refractivity contribution in [3.63, 3.8) is 0 Å². The number of nitrogens with zero attached hydrogens (tertiary/aromatic N) is 2. The summed E-state index contributed by atoms with van der Waals surface area (Å²) in [5.74, 6) is 0.580. The second-order valence-electron chi connectivity index (χ2n) is 4.70. The van der Waals surface area contributed by atoms with Gasteiger partial charge in [0.2, 0.25) is 5.91 Å². The summed E-state index contributed by atoms with van der Waals surface area (Å²) in [4.78, 5) is 12.0. The lowest BCUT2D eigenvalue weighted by atomic mass is 10.2. The van der Waals surface area contributed by atoms with Crippen molar-refractivity contribution in [1.82, 2.24) is 8.75 Å². The number of hydrogen-bond acceptors (Lipinski definition) is 5. The van der Waals surface area contributed by atoms with Gasteiger partial charge in [0, 0.05) is 5.25 Å². The van der Waals surface area contributed by atoms with Crippen LogP contribution in [0.5, 0.6) is 0 Å². The summed E-state index contributed by atoms with van der Waals surface area (Å²) >= 11 is 2.94. The van der Waals surface area contributed by atoms with Crippen molar-refractivity contribution < 1.29 is 4.79 Å². The van der Waals surface area contributed by atoms with Gasteiger partial charge in [-0.15, -0.1) is 11.8 Å². The molecule has 3 rings (SSSR count). The van der Waals surface area contributed by atoms with E-state index in [9.17, 15) is 4.79 Å². The van der Waals surface area contributed by atoms with Crippen LogP contribution in [-0.2, 0) is 4.79 Å². The third-order valence-corrected chi connectivity index (χ3v) is 5.23. The number of carbonyl (C=O) groups is 1. The van der Waals surface area contributed by atoms with E-state index in [1.54, 1.807) is 11.8 Å². The molecule has 100 valence electrons. The van der Waals surface area contributed by atoms with Crippen molar-refractivity contribution in [2.45, 2.75) is 30.9 Å². The van der Waals surface area contributed by atoms with Crippen LogP contribution >= 0.6 is 23.5 Å². The van der Waals surface area contributed by atoms with Crippen LogP contribution in [-0.4, -0.2) is 25.7 Å². The van der Waals surface area contributed by atoms with Crippen LogP contribution in [0.15, 0.2) is 18.2 Å². The number of amides is 1. The fraction of sp³-hybridized carbons (Fsp3) is 0.462. The monoisotopic (exact) mass is 293 g/mol. The minimum absolute atomic E-state index is 0.0531. The van der Waals surface area contributed by atoms with Crippen LogP contribution in [0.4, 0.5) is 5.69 Å². The van der Waals surface area contributed by atoms with E-state index in [2.05, 4.69) is 14.1 Å². The second-order valence-corrected chi connectivity index (χ2v) is 6.52. The van der Waals surface area contributed by atoms with E-state index in [1.165, 1.54) is 37.4 Å². The highest BCUT2D eigenvalue weighted by atomic mass is 32.2. The molecule has 1 aliphatic carbocycles. The van der Waals surface area contributed by atoms with Gasteiger partial charge >= 0.3 is 0 Å². The first-order chi connectivity index (χ1) is 9.33. The number of nitrogens with one attached hydrogen (secondary N) is 1. The Morgan fingerprint density at radius 1 is 1.37 bits per heavy atom.